The molecule has 0 aliphatic carbocycles. The van der Waals surface area contributed by atoms with Crippen LogP contribution in [0.4, 0.5) is 37.7 Å². The summed E-state index contributed by atoms with van der Waals surface area (Å²) >= 11 is 0. The van der Waals surface area contributed by atoms with E-state index in [1.54, 1.807) is 4.90 Å². The molecule has 0 aromatic heterocycles. The maximum atomic E-state index is 13.4. The van der Waals surface area contributed by atoms with Crippen molar-refractivity contribution < 1.29 is 35.3 Å². The number of benzene rings is 2. The summed E-state index contributed by atoms with van der Waals surface area (Å²) in [6.45, 7) is 4.30. The van der Waals surface area contributed by atoms with Crippen molar-refractivity contribution in [3.8, 4) is 0 Å². The smallest absolute Gasteiger partial charge is 0.382 e. The number of anilines is 2. The lowest BCUT2D eigenvalue weighted by molar-refractivity contribution is -0.140. The highest BCUT2D eigenvalue weighted by Gasteiger charge is 2.35. The third-order valence-electron chi connectivity index (χ3n) is 7.39. The van der Waals surface area contributed by atoms with E-state index in [2.05, 4.69) is 10.2 Å². The molecule has 2 saturated heterocycles. The number of rotatable bonds is 7. The number of hydrogen-bond acceptors (Lipinski definition) is 5. The SMILES string of the molecule is CS(=O)c1ccc(NC2CCN(C(=O)CCN3CCN(c4ccc(C(F)(F)F)cc4)CC3)CC2)cc1C(F)(F)F. The number of halogens is 6. The van der Waals surface area contributed by atoms with Gasteiger partial charge in [0.25, 0.3) is 0 Å². The summed E-state index contributed by atoms with van der Waals surface area (Å²) in [5.41, 5.74) is -0.535. The second-order valence-corrected chi connectivity index (χ2v) is 11.4. The number of piperidine rings is 1. The van der Waals surface area contributed by atoms with E-state index in [9.17, 15) is 35.3 Å². The van der Waals surface area contributed by atoms with Crippen LogP contribution in [0.3, 0.4) is 0 Å². The number of nitrogens with zero attached hydrogens (tertiary/aromatic N) is 3. The first kappa shape index (κ1) is 30.2. The van der Waals surface area contributed by atoms with Crippen molar-refractivity contribution in [2.24, 2.45) is 0 Å². The van der Waals surface area contributed by atoms with Gasteiger partial charge in [-0.05, 0) is 55.3 Å². The minimum absolute atomic E-state index is 0.0257. The second kappa shape index (κ2) is 12.4. The molecule has 2 aliphatic rings. The third kappa shape index (κ3) is 7.68. The van der Waals surface area contributed by atoms with Gasteiger partial charge in [0.2, 0.25) is 5.91 Å². The lowest BCUT2D eigenvalue weighted by Gasteiger charge is -2.37. The summed E-state index contributed by atoms with van der Waals surface area (Å²) in [6.07, 6.45) is -6.21. The number of likely N-dealkylation sites (tertiary alicyclic amines) is 1. The van der Waals surface area contributed by atoms with E-state index in [1.165, 1.54) is 30.5 Å². The molecule has 1 unspecified atom stereocenters. The Morgan fingerprint density at radius 2 is 1.52 bits per heavy atom. The Labute approximate surface area is 231 Å². The van der Waals surface area contributed by atoms with E-state index in [0.717, 1.165) is 23.9 Å². The van der Waals surface area contributed by atoms with Gasteiger partial charge in [0.15, 0.2) is 0 Å². The largest absolute Gasteiger partial charge is 0.417 e. The molecular weight excluding hydrogens is 558 g/mol. The van der Waals surface area contributed by atoms with Gasteiger partial charge in [-0.2, -0.15) is 26.3 Å². The van der Waals surface area contributed by atoms with Crippen LogP contribution in [0.15, 0.2) is 47.4 Å². The molecule has 40 heavy (non-hydrogen) atoms. The van der Waals surface area contributed by atoms with E-state index in [-0.39, 0.29) is 16.8 Å². The first-order valence-electron chi connectivity index (χ1n) is 13.0. The monoisotopic (exact) mass is 590 g/mol. The van der Waals surface area contributed by atoms with Gasteiger partial charge in [0.05, 0.1) is 26.8 Å². The van der Waals surface area contributed by atoms with Gasteiger partial charge in [-0.25, -0.2) is 0 Å². The first-order chi connectivity index (χ1) is 18.8. The Morgan fingerprint density at radius 3 is 2.08 bits per heavy atom. The molecule has 0 saturated carbocycles. The van der Waals surface area contributed by atoms with E-state index >= 15 is 0 Å². The van der Waals surface area contributed by atoms with Crippen molar-refractivity contribution in [3.63, 3.8) is 0 Å². The summed E-state index contributed by atoms with van der Waals surface area (Å²) in [5, 5.41) is 3.13. The summed E-state index contributed by atoms with van der Waals surface area (Å²) in [7, 11) is -1.76. The highest BCUT2D eigenvalue weighted by Crippen LogP contribution is 2.35. The van der Waals surface area contributed by atoms with Gasteiger partial charge >= 0.3 is 12.4 Å². The molecule has 13 heteroatoms. The van der Waals surface area contributed by atoms with E-state index in [1.807, 2.05) is 4.90 Å². The molecule has 2 heterocycles. The van der Waals surface area contributed by atoms with Crippen molar-refractivity contribution >= 4 is 28.1 Å². The van der Waals surface area contributed by atoms with Crippen LogP contribution in [-0.4, -0.2) is 78.0 Å². The van der Waals surface area contributed by atoms with Crippen LogP contribution in [0.5, 0.6) is 0 Å². The minimum Gasteiger partial charge on any atom is -0.382 e. The first-order valence-corrected chi connectivity index (χ1v) is 14.6. The molecular formula is C27H32F6N4O2S. The molecule has 6 nitrogen and oxygen atoms in total. The van der Waals surface area contributed by atoms with Gasteiger partial charge in [-0.1, -0.05) is 0 Å². The fraction of sp³-hybridized carbons (Fsp3) is 0.519. The van der Waals surface area contributed by atoms with Crippen LogP contribution in [0.1, 0.15) is 30.4 Å². The summed E-state index contributed by atoms with van der Waals surface area (Å²) in [4.78, 5) is 18.5. The molecule has 2 fully saturated rings. The van der Waals surface area contributed by atoms with Crippen LogP contribution in [0.25, 0.3) is 0 Å². The van der Waals surface area contributed by atoms with Gasteiger partial charge in [-0.15, -0.1) is 0 Å². The van der Waals surface area contributed by atoms with Gasteiger partial charge in [-0.3, -0.25) is 13.9 Å². The molecule has 2 aliphatic heterocycles. The highest BCUT2D eigenvalue weighted by molar-refractivity contribution is 7.84. The van der Waals surface area contributed by atoms with E-state index in [4.69, 9.17) is 0 Å². The Morgan fingerprint density at radius 1 is 0.900 bits per heavy atom. The summed E-state index contributed by atoms with van der Waals surface area (Å²) in [6, 6.07) is 8.79. The number of alkyl halides is 6. The lowest BCUT2D eigenvalue weighted by Crippen LogP contribution is -2.48. The minimum atomic E-state index is -4.61. The molecule has 0 spiro atoms. The number of amides is 1. The molecule has 1 amide bonds. The topological polar surface area (TPSA) is 55.9 Å². The predicted octanol–water partition coefficient (Wildman–Crippen LogP) is 5.08. The van der Waals surface area contributed by atoms with E-state index in [0.29, 0.717) is 70.8 Å². The van der Waals surface area contributed by atoms with Crippen LogP contribution in [0, 0.1) is 0 Å². The zero-order chi connectivity index (χ0) is 29.1. The quantitative estimate of drug-likeness (QED) is 0.457. The second-order valence-electron chi connectivity index (χ2n) is 10.1. The maximum Gasteiger partial charge on any atom is 0.417 e. The van der Waals surface area contributed by atoms with Crippen LogP contribution >= 0.6 is 0 Å². The number of hydrogen-bond donors (Lipinski definition) is 1. The Balaban J connectivity index is 1.19. The van der Waals surface area contributed by atoms with Crippen molar-refractivity contribution in [2.45, 2.75) is 42.6 Å². The molecule has 0 radical (unpaired) electrons. The number of piperazine rings is 1. The molecule has 1 N–H and O–H groups in total. The van der Waals surface area contributed by atoms with E-state index < -0.39 is 34.3 Å². The van der Waals surface area contributed by atoms with Gasteiger partial charge in [0.1, 0.15) is 0 Å². The molecule has 4 rings (SSSR count). The normalized spacial score (nSPS) is 18.6. The number of nitrogens with one attached hydrogen (secondary N) is 1. The van der Waals surface area contributed by atoms with Crippen molar-refractivity contribution in [3.05, 3.63) is 53.6 Å². The fourth-order valence-corrected chi connectivity index (χ4v) is 5.85. The number of carbonyl (C=O) groups excluding carboxylic acids is 1. The molecule has 220 valence electrons. The third-order valence-corrected chi connectivity index (χ3v) is 8.36. The fourth-order valence-electron chi connectivity index (χ4n) is 5.10. The van der Waals surface area contributed by atoms with Crippen LogP contribution in [0.2, 0.25) is 0 Å². The zero-order valence-electron chi connectivity index (χ0n) is 22.0. The average molecular weight is 591 g/mol. The zero-order valence-corrected chi connectivity index (χ0v) is 22.8. The Hall–Kier alpha value is -2.80. The summed E-state index contributed by atoms with van der Waals surface area (Å²) in [5.74, 6) is 0.0257. The predicted molar refractivity (Wildman–Crippen MR) is 142 cm³/mol. The van der Waals surface area contributed by atoms with Crippen molar-refractivity contribution in [1.29, 1.82) is 0 Å². The van der Waals surface area contributed by atoms with Crippen LogP contribution < -0.4 is 10.2 Å². The Kier molecular flexibility index (Phi) is 9.33. The number of carbonyl (C=O) groups is 1. The average Bonchev–Trinajstić information content (AvgIpc) is 2.91. The highest BCUT2D eigenvalue weighted by atomic mass is 32.2. The van der Waals surface area contributed by atoms with Crippen LogP contribution in [-0.2, 0) is 27.9 Å². The molecule has 2 aromatic carbocycles. The standard InChI is InChI=1S/C27H32F6N4O2S/c1-40(39)24-7-4-21(18-23(24)27(31,32)33)34-20-8-12-37(13-9-20)25(38)10-11-35-14-16-36(17-15-35)22-5-2-19(3-6-22)26(28,29)30/h2-7,18,20,34H,8-17H2,1H3. The van der Waals surface area contributed by atoms with Gasteiger partial charge in [0, 0.05) is 75.9 Å². The van der Waals surface area contributed by atoms with Crippen molar-refractivity contribution in [1.82, 2.24) is 9.80 Å². The Bertz CT molecular complexity index is 1190. The molecule has 2 aromatic rings. The molecule has 0 bridgehead atoms. The summed E-state index contributed by atoms with van der Waals surface area (Å²) < 4.78 is 90.3. The molecule has 1 atom stereocenters. The lowest BCUT2D eigenvalue weighted by atomic mass is 10.0. The van der Waals surface area contributed by atoms with Gasteiger partial charge < -0.3 is 15.1 Å². The maximum absolute atomic E-state index is 13.4. The van der Waals surface area contributed by atoms with Crippen molar-refractivity contribution in [2.75, 3.05) is 62.3 Å².